The summed E-state index contributed by atoms with van der Waals surface area (Å²) in [6, 6.07) is 15.1. The number of carboxylic acid groups (broad SMARTS) is 1. The van der Waals surface area contributed by atoms with Gasteiger partial charge in [0.05, 0.1) is 12.1 Å². The molecule has 2 aromatic carbocycles. The lowest BCUT2D eigenvalue weighted by atomic mass is 9.95. The summed E-state index contributed by atoms with van der Waals surface area (Å²) in [7, 11) is 0. The molecule has 5 nitrogen and oxygen atoms in total. The number of aromatic carboxylic acids is 1. The van der Waals surface area contributed by atoms with Gasteiger partial charge in [-0.2, -0.15) is 5.10 Å². The van der Waals surface area contributed by atoms with E-state index in [1.807, 2.05) is 41.1 Å². The molecule has 29 heavy (non-hydrogen) atoms. The molecular formula is C24H29N3O2. The van der Waals surface area contributed by atoms with Gasteiger partial charge in [0.1, 0.15) is 5.82 Å². The molecule has 0 amide bonds. The first-order valence-corrected chi connectivity index (χ1v) is 10.0. The molecule has 0 aliphatic rings. The number of benzene rings is 2. The van der Waals surface area contributed by atoms with E-state index in [0.29, 0.717) is 18.0 Å². The van der Waals surface area contributed by atoms with Gasteiger partial charge in [-0.25, -0.2) is 14.5 Å². The zero-order valence-corrected chi connectivity index (χ0v) is 17.8. The fourth-order valence-electron chi connectivity index (χ4n) is 3.39. The fraction of sp³-hybridized carbons (Fsp3) is 0.375. The normalized spacial score (nSPS) is 11.8. The van der Waals surface area contributed by atoms with Crippen LogP contribution in [0.1, 0.15) is 62.2 Å². The SMILES string of the molecule is CC(C)Cc1nc(C(C)(C)C)n(Cc2ccc(-c3ccccc3C(=O)O)cc2)n1. The maximum Gasteiger partial charge on any atom is 0.336 e. The molecule has 0 aliphatic heterocycles. The number of aromatic nitrogens is 3. The molecule has 0 spiro atoms. The van der Waals surface area contributed by atoms with E-state index in [0.717, 1.165) is 34.8 Å². The summed E-state index contributed by atoms with van der Waals surface area (Å²) in [5.41, 5.74) is 2.93. The van der Waals surface area contributed by atoms with Gasteiger partial charge in [-0.1, -0.05) is 77.1 Å². The highest BCUT2D eigenvalue weighted by Crippen LogP contribution is 2.25. The molecule has 1 heterocycles. The molecule has 0 aliphatic carbocycles. The van der Waals surface area contributed by atoms with Crippen molar-refractivity contribution >= 4 is 5.97 Å². The van der Waals surface area contributed by atoms with E-state index in [1.165, 1.54) is 0 Å². The van der Waals surface area contributed by atoms with Crippen molar-refractivity contribution in [3.8, 4) is 11.1 Å². The standard InChI is InChI=1S/C24H29N3O2/c1-16(2)14-21-25-23(24(3,4)5)27(26-21)15-17-10-12-18(13-11-17)19-8-6-7-9-20(19)22(28)29/h6-13,16H,14-15H2,1-5H3,(H,28,29). The number of hydrogen-bond acceptors (Lipinski definition) is 3. The van der Waals surface area contributed by atoms with Crippen LogP contribution in [-0.2, 0) is 18.4 Å². The van der Waals surface area contributed by atoms with E-state index < -0.39 is 5.97 Å². The second kappa shape index (κ2) is 8.19. The Hall–Kier alpha value is -2.95. The summed E-state index contributed by atoms with van der Waals surface area (Å²) in [5, 5.41) is 14.2. The van der Waals surface area contributed by atoms with Crippen molar-refractivity contribution in [2.24, 2.45) is 5.92 Å². The molecule has 3 rings (SSSR count). The lowest BCUT2D eigenvalue weighted by Crippen LogP contribution is -2.20. The third-order valence-electron chi connectivity index (χ3n) is 4.73. The molecule has 0 atom stereocenters. The Morgan fingerprint density at radius 3 is 2.31 bits per heavy atom. The van der Waals surface area contributed by atoms with Crippen LogP contribution in [0.5, 0.6) is 0 Å². The second-order valence-electron chi connectivity index (χ2n) is 8.90. The number of carbonyl (C=O) groups is 1. The molecule has 5 heteroatoms. The zero-order valence-electron chi connectivity index (χ0n) is 17.8. The molecule has 3 aromatic rings. The summed E-state index contributed by atoms with van der Waals surface area (Å²) in [4.78, 5) is 16.3. The van der Waals surface area contributed by atoms with Crippen LogP contribution in [0.25, 0.3) is 11.1 Å². The first kappa shape index (κ1) is 20.8. The van der Waals surface area contributed by atoms with Crippen LogP contribution in [0.3, 0.4) is 0 Å². The van der Waals surface area contributed by atoms with Crippen LogP contribution in [0.2, 0.25) is 0 Å². The molecule has 0 saturated carbocycles. The topological polar surface area (TPSA) is 68.0 Å². The van der Waals surface area contributed by atoms with Gasteiger partial charge in [0, 0.05) is 11.8 Å². The first-order chi connectivity index (χ1) is 13.6. The highest BCUT2D eigenvalue weighted by atomic mass is 16.4. The first-order valence-electron chi connectivity index (χ1n) is 10.0. The minimum absolute atomic E-state index is 0.0946. The van der Waals surface area contributed by atoms with Crippen LogP contribution in [0.15, 0.2) is 48.5 Å². The summed E-state index contributed by atoms with van der Waals surface area (Å²) in [5.74, 6) is 1.46. The average Bonchev–Trinajstić information content (AvgIpc) is 3.04. The summed E-state index contributed by atoms with van der Waals surface area (Å²) in [6.45, 7) is 11.4. The largest absolute Gasteiger partial charge is 0.478 e. The maximum absolute atomic E-state index is 11.5. The van der Waals surface area contributed by atoms with E-state index >= 15 is 0 Å². The number of nitrogens with zero attached hydrogens (tertiary/aromatic N) is 3. The van der Waals surface area contributed by atoms with E-state index in [-0.39, 0.29) is 5.41 Å². The maximum atomic E-state index is 11.5. The lowest BCUT2D eigenvalue weighted by Gasteiger charge is -2.18. The van der Waals surface area contributed by atoms with Crippen LogP contribution in [-0.4, -0.2) is 25.8 Å². The van der Waals surface area contributed by atoms with E-state index in [1.54, 1.807) is 12.1 Å². The Labute approximate surface area is 172 Å². The Balaban J connectivity index is 1.89. The van der Waals surface area contributed by atoms with Gasteiger partial charge < -0.3 is 5.11 Å². The van der Waals surface area contributed by atoms with Gasteiger partial charge in [0.2, 0.25) is 0 Å². The third-order valence-corrected chi connectivity index (χ3v) is 4.73. The van der Waals surface area contributed by atoms with Crippen LogP contribution in [0.4, 0.5) is 0 Å². The molecule has 0 unspecified atom stereocenters. The van der Waals surface area contributed by atoms with E-state index in [9.17, 15) is 9.90 Å². The van der Waals surface area contributed by atoms with E-state index in [4.69, 9.17) is 10.1 Å². The number of carboxylic acids is 1. The Morgan fingerprint density at radius 2 is 1.72 bits per heavy atom. The highest BCUT2D eigenvalue weighted by Gasteiger charge is 2.23. The molecule has 0 fully saturated rings. The average molecular weight is 392 g/mol. The van der Waals surface area contributed by atoms with Crippen molar-refractivity contribution in [2.75, 3.05) is 0 Å². The minimum Gasteiger partial charge on any atom is -0.478 e. The predicted molar refractivity (Wildman–Crippen MR) is 115 cm³/mol. The summed E-state index contributed by atoms with van der Waals surface area (Å²) < 4.78 is 2.00. The van der Waals surface area contributed by atoms with Crippen LogP contribution in [0, 0.1) is 5.92 Å². The van der Waals surface area contributed by atoms with Gasteiger partial charge in [0.25, 0.3) is 0 Å². The van der Waals surface area contributed by atoms with Gasteiger partial charge >= 0.3 is 5.97 Å². The van der Waals surface area contributed by atoms with Crippen molar-refractivity contribution in [1.29, 1.82) is 0 Å². The molecule has 1 N–H and O–H groups in total. The highest BCUT2D eigenvalue weighted by molar-refractivity contribution is 5.95. The van der Waals surface area contributed by atoms with Gasteiger partial charge in [0.15, 0.2) is 5.82 Å². The zero-order chi connectivity index (χ0) is 21.2. The van der Waals surface area contributed by atoms with Crippen LogP contribution >= 0.6 is 0 Å². The Bertz CT molecular complexity index is 996. The number of hydrogen-bond donors (Lipinski definition) is 1. The van der Waals surface area contributed by atoms with Crippen molar-refractivity contribution in [3.05, 3.63) is 71.3 Å². The van der Waals surface area contributed by atoms with E-state index in [2.05, 4.69) is 34.6 Å². The predicted octanol–water partition coefficient (Wildman–Crippen LogP) is 5.19. The second-order valence-corrected chi connectivity index (χ2v) is 8.90. The molecule has 0 saturated heterocycles. The molecule has 1 aromatic heterocycles. The number of rotatable bonds is 6. The van der Waals surface area contributed by atoms with Gasteiger partial charge in [-0.15, -0.1) is 0 Å². The molecule has 0 radical (unpaired) electrons. The van der Waals surface area contributed by atoms with Crippen LogP contribution < -0.4 is 0 Å². The molecule has 0 bridgehead atoms. The molecule has 152 valence electrons. The fourth-order valence-corrected chi connectivity index (χ4v) is 3.39. The van der Waals surface area contributed by atoms with Crippen molar-refractivity contribution < 1.29 is 9.90 Å². The monoisotopic (exact) mass is 391 g/mol. The third kappa shape index (κ3) is 4.91. The summed E-state index contributed by atoms with van der Waals surface area (Å²) in [6.07, 6.45) is 0.862. The van der Waals surface area contributed by atoms with Gasteiger partial charge in [-0.3, -0.25) is 0 Å². The van der Waals surface area contributed by atoms with Crippen molar-refractivity contribution in [2.45, 2.75) is 53.0 Å². The summed E-state index contributed by atoms with van der Waals surface area (Å²) >= 11 is 0. The minimum atomic E-state index is -0.917. The molecular weight excluding hydrogens is 362 g/mol. The Kier molecular flexibility index (Phi) is 5.87. The van der Waals surface area contributed by atoms with Crippen molar-refractivity contribution in [3.63, 3.8) is 0 Å². The Morgan fingerprint density at radius 1 is 1.07 bits per heavy atom. The quantitative estimate of drug-likeness (QED) is 0.628. The van der Waals surface area contributed by atoms with Gasteiger partial charge in [-0.05, 0) is 28.7 Å². The smallest absolute Gasteiger partial charge is 0.336 e. The lowest BCUT2D eigenvalue weighted by molar-refractivity contribution is 0.0697. The van der Waals surface area contributed by atoms with Crippen molar-refractivity contribution in [1.82, 2.24) is 14.8 Å².